The summed E-state index contributed by atoms with van der Waals surface area (Å²) in [4.78, 5) is 13.6. The molecular weight excluding hydrogens is 370 g/mol. The number of nitrogen functional groups attached to an aromatic ring is 1. The van der Waals surface area contributed by atoms with Crippen LogP contribution in [0.25, 0.3) is 10.4 Å². The summed E-state index contributed by atoms with van der Waals surface area (Å²) in [6, 6.07) is 12.2. The summed E-state index contributed by atoms with van der Waals surface area (Å²) in [6.45, 7) is 5.77. The van der Waals surface area contributed by atoms with E-state index in [0.717, 1.165) is 59.7 Å². The van der Waals surface area contributed by atoms with Gasteiger partial charge in [0.2, 0.25) is 0 Å². The van der Waals surface area contributed by atoms with Crippen molar-refractivity contribution >= 4 is 22.3 Å². The van der Waals surface area contributed by atoms with E-state index in [4.69, 9.17) is 15.2 Å². The Morgan fingerprint density at radius 1 is 1.00 bits per heavy atom. The molecule has 3 rings (SSSR count). The standard InChI is InChI=1S/C23H31NO3S/c1-23(2,3)27-22(25)17-6-4-5-7-18(13-10-17)26-19-11-8-16(9-12-19)20-14-15-21(24)28-20/h8-9,11-12,14-15,17-18H,4-7,10,13,24H2,1-3H3. The van der Waals surface area contributed by atoms with E-state index in [-0.39, 0.29) is 18.0 Å². The van der Waals surface area contributed by atoms with Crippen molar-refractivity contribution in [3.8, 4) is 16.2 Å². The van der Waals surface area contributed by atoms with Crippen molar-refractivity contribution in [2.75, 3.05) is 5.73 Å². The molecule has 2 unspecified atom stereocenters. The molecule has 2 N–H and O–H groups in total. The molecule has 1 aromatic carbocycles. The van der Waals surface area contributed by atoms with E-state index >= 15 is 0 Å². The molecule has 0 aliphatic heterocycles. The lowest BCUT2D eigenvalue weighted by Crippen LogP contribution is -2.30. The molecule has 1 heterocycles. The maximum Gasteiger partial charge on any atom is 0.309 e. The van der Waals surface area contributed by atoms with Crippen LogP contribution >= 0.6 is 11.3 Å². The van der Waals surface area contributed by atoms with Crippen molar-refractivity contribution in [1.82, 2.24) is 0 Å². The molecule has 152 valence electrons. The highest BCUT2D eigenvalue weighted by Gasteiger charge is 2.27. The summed E-state index contributed by atoms with van der Waals surface area (Å²) < 4.78 is 11.8. The van der Waals surface area contributed by atoms with E-state index in [1.54, 1.807) is 11.3 Å². The molecular formula is C23H31NO3S. The third-order valence-corrected chi connectivity index (χ3v) is 5.94. The zero-order chi connectivity index (χ0) is 20.1. The van der Waals surface area contributed by atoms with E-state index in [1.165, 1.54) is 0 Å². The Morgan fingerprint density at radius 3 is 2.36 bits per heavy atom. The third kappa shape index (κ3) is 5.99. The fourth-order valence-electron chi connectivity index (χ4n) is 3.58. The molecule has 0 saturated heterocycles. The molecule has 2 aromatic rings. The fraction of sp³-hybridized carbons (Fsp3) is 0.522. The zero-order valence-corrected chi connectivity index (χ0v) is 17.9. The second-order valence-electron chi connectivity index (χ2n) is 8.56. The first-order valence-corrected chi connectivity index (χ1v) is 11.0. The second kappa shape index (κ2) is 8.99. The number of hydrogen-bond donors (Lipinski definition) is 1. The van der Waals surface area contributed by atoms with Crippen LogP contribution in [0, 0.1) is 5.92 Å². The van der Waals surface area contributed by atoms with Gasteiger partial charge in [-0.1, -0.05) is 6.42 Å². The number of esters is 1. The van der Waals surface area contributed by atoms with Gasteiger partial charge in [0.25, 0.3) is 0 Å². The SMILES string of the molecule is CC(C)(C)OC(=O)C1CCCCC(Oc2ccc(-c3ccc(N)s3)cc2)CC1. The number of carbonyl (C=O) groups is 1. The number of ether oxygens (including phenoxy) is 2. The molecule has 1 aliphatic carbocycles. The summed E-state index contributed by atoms with van der Waals surface area (Å²) in [7, 11) is 0. The predicted octanol–water partition coefficient (Wildman–Crippen LogP) is 6.06. The number of benzene rings is 1. The van der Waals surface area contributed by atoms with Crippen LogP contribution in [0.15, 0.2) is 36.4 Å². The summed E-state index contributed by atoms with van der Waals surface area (Å²) >= 11 is 1.59. The van der Waals surface area contributed by atoms with Gasteiger partial charge in [-0.15, -0.1) is 11.3 Å². The summed E-state index contributed by atoms with van der Waals surface area (Å²) in [5.74, 6) is 0.803. The van der Waals surface area contributed by atoms with Crippen LogP contribution in [0.3, 0.4) is 0 Å². The molecule has 1 aliphatic rings. The average molecular weight is 402 g/mol. The van der Waals surface area contributed by atoms with Gasteiger partial charge in [0.05, 0.1) is 17.0 Å². The van der Waals surface area contributed by atoms with E-state index in [9.17, 15) is 4.79 Å². The van der Waals surface area contributed by atoms with Gasteiger partial charge in [-0.25, -0.2) is 0 Å². The molecule has 1 aromatic heterocycles. The highest BCUT2D eigenvalue weighted by molar-refractivity contribution is 7.19. The van der Waals surface area contributed by atoms with Gasteiger partial charge >= 0.3 is 5.97 Å². The van der Waals surface area contributed by atoms with Crippen LogP contribution in [-0.2, 0) is 9.53 Å². The van der Waals surface area contributed by atoms with Crippen LogP contribution < -0.4 is 10.5 Å². The summed E-state index contributed by atoms with van der Waals surface area (Å²) in [5, 5.41) is 0.824. The smallest absolute Gasteiger partial charge is 0.309 e. The quantitative estimate of drug-likeness (QED) is 0.633. The van der Waals surface area contributed by atoms with E-state index < -0.39 is 5.60 Å². The molecule has 5 heteroatoms. The molecule has 1 fully saturated rings. The van der Waals surface area contributed by atoms with Crippen molar-refractivity contribution in [2.45, 2.75) is 71.0 Å². The maximum atomic E-state index is 12.4. The van der Waals surface area contributed by atoms with Gasteiger partial charge < -0.3 is 15.2 Å². The Labute approximate surface area is 172 Å². The summed E-state index contributed by atoms with van der Waals surface area (Å²) in [6.07, 6.45) is 5.93. The Balaban J connectivity index is 1.57. The van der Waals surface area contributed by atoms with Crippen LogP contribution in [-0.4, -0.2) is 17.7 Å². The van der Waals surface area contributed by atoms with Gasteiger partial charge in [0.15, 0.2) is 0 Å². The first kappa shape index (κ1) is 20.7. The zero-order valence-electron chi connectivity index (χ0n) is 17.1. The minimum atomic E-state index is -0.426. The first-order valence-electron chi connectivity index (χ1n) is 10.2. The first-order chi connectivity index (χ1) is 13.3. The predicted molar refractivity (Wildman–Crippen MR) is 116 cm³/mol. The van der Waals surface area contributed by atoms with Crippen molar-refractivity contribution in [3.05, 3.63) is 36.4 Å². The van der Waals surface area contributed by atoms with Gasteiger partial charge in [-0.3, -0.25) is 4.79 Å². The highest BCUT2D eigenvalue weighted by Crippen LogP contribution is 2.32. The number of rotatable bonds is 4. The van der Waals surface area contributed by atoms with Crippen molar-refractivity contribution < 1.29 is 14.3 Å². The topological polar surface area (TPSA) is 61.5 Å². The molecule has 0 spiro atoms. The Morgan fingerprint density at radius 2 is 1.71 bits per heavy atom. The number of nitrogens with two attached hydrogens (primary N) is 1. The van der Waals surface area contributed by atoms with E-state index in [1.807, 2.05) is 45.0 Å². The van der Waals surface area contributed by atoms with Crippen molar-refractivity contribution in [3.63, 3.8) is 0 Å². The van der Waals surface area contributed by atoms with Gasteiger partial charge in [0.1, 0.15) is 11.4 Å². The van der Waals surface area contributed by atoms with Gasteiger partial charge in [-0.2, -0.15) is 0 Å². The normalized spacial score (nSPS) is 20.8. The minimum absolute atomic E-state index is 0.0164. The molecule has 28 heavy (non-hydrogen) atoms. The average Bonchev–Trinajstić information content (AvgIpc) is 3.03. The van der Waals surface area contributed by atoms with Gasteiger partial charge in [-0.05, 0) is 94.8 Å². The molecule has 0 radical (unpaired) electrons. The highest BCUT2D eigenvalue weighted by atomic mass is 32.1. The molecule has 4 nitrogen and oxygen atoms in total. The summed E-state index contributed by atoms with van der Waals surface area (Å²) in [5.41, 5.74) is 6.55. The maximum absolute atomic E-state index is 12.4. The van der Waals surface area contributed by atoms with E-state index in [2.05, 4.69) is 12.1 Å². The number of thiophene rings is 1. The Hall–Kier alpha value is -2.01. The van der Waals surface area contributed by atoms with E-state index in [0.29, 0.717) is 0 Å². The Kier molecular flexibility index (Phi) is 6.65. The lowest BCUT2D eigenvalue weighted by molar-refractivity contribution is -0.160. The third-order valence-electron chi connectivity index (χ3n) is 4.97. The molecule has 2 atom stereocenters. The largest absolute Gasteiger partial charge is 0.490 e. The van der Waals surface area contributed by atoms with Crippen LogP contribution in [0.5, 0.6) is 5.75 Å². The van der Waals surface area contributed by atoms with Crippen molar-refractivity contribution in [2.24, 2.45) is 5.92 Å². The lowest BCUT2D eigenvalue weighted by atomic mass is 9.89. The van der Waals surface area contributed by atoms with Crippen LogP contribution in [0.1, 0.15) is 59.3 Å². The lowest BCUT2D eigenvalue weighted by Gasteiger charge is -2.27. The van der Waals surface area contributed by atoms with Crippen LogP contribution in [0.4, 0.5) is 5.00 Å². The molecule has 1 saturated carbocycles. The minimum Gasteiger partial charge on any atom is -0.490 e. The number of hydrogen-bond acceptors (Lipinski definition) is 5. The molecule has 0 amide bonds. The number of anilines is 1. The number of carbonyl (C=O) groups excluding carboxylic acids is 1. The monoisotopic (exact) mass is 401 g/mol. The van der Waals surface area contributed by atoms with Gasteiger partial charge in [0, 0.05) is 4.88 Å². The fourth-order valence-corrected chi connectivity index (χ4v) is 4.36. The molecule has 0 bridgehead atoms. The van der Waals surface area contributed by atoms with Crippen LogP contribution in [0.2, 0.25) is 0 Å². The van der Waals surface area contributed by atoms with Crippen molar-refractivity contribution in [1.29, 1.82) is 0 Å². The second-order valence-corrected chi connectivity index (χ2v) is 9.67. The Bertz CT molecular complexity index is 776.